The molecule has 0 saturated carbocycles. The number of ether oxygens (including phenoxy) is 2. The first-order valence-corrected chi connectivity index (χ1v) is 9.95. The fourth-order valence-corrected chi connectivity index (χ4v) is 4.60. The second kappa shape index (κ2) is 6.49. The van der Waals surface area contributed by atoms with E-state index in [0.717, 1.165) is 0 Å². The molecule has 0 aliphatic carbocycles. The van der Waals surface area contributed by atoms with Crippen molar-refractivity contribution in [2.45, 2.75) is 12.5 Å². The number of nitrogens with one attached hydrogen (secondary N) is 2. The zero-order chi connectivity index (χ0) is 18.1. The Hall–Kier alpha value is -2.81. The van der Waals surface area contributed by atoms with Gasteiger partial charge in [-0.25, -0.2) is 13.4 Å². The molecule has 1 unspecified atom stereocenters. The van der Waals surface area contributed by atoms with Crippen molar-refractivity contribution in [3.05, 3.63) is 42.2 Å². The van der Waals surface area contributed by atoms with E-state index in [1.807, 2.05) is 0 Å². The number of carbonyl (C=O) groups excluding carboxylic acids is 1. The molecular formula is C17H17N3O5S. The summed E-state index contributed by atoms with van der Waals surface area (Å²) in [6.45, 7) is 0.172. The third kappa shape index (κ3) is 3.57. The number of anilines is 2. The molecule has 4 rings (SSSR count). The molecule has 136 valence electrons. The molecule has 2 aliphatic heterocycles. The van der Waals surface area contributed by atoms with Gasteiger partial charge in [-0.3, -0.25) is 4.79 Å². The van der Waals surface area contributed by atoms with E-state index in [9.17, 15) is 13.2 Å². The molecule has 26 heavy (non-hydrogen) atoms. The lowest BCUT2D eigenvalue weighted by Gasteiger charge is -2.12. The second-order valence-corrected chi connectivity index (χ2v) is 8.43. The molecule has 0 bridgehead atoms. The molecule has 2 N–H and O–H groups in total. The van der Waals surface area contributed by atoms with Crippen LogP contribution in [-0.2, 0) is 9.84 Å². The van der Waals surface area contributed by atoms with E-state index in [2.05, 4.69) is 15.6 Å². The highest BCUT2D eigenvalue weighted by Crippen LogP contribution is 2.34. The van der Waals surface area contributed by atoms with Crippen molar-refractivity contribution >= 4 is 27.1 Å². The molecule has 9 heteroatoms. The number of aromatic nitrogens is 1. The van der Waals surface area contributed by atoms with E-state index in [0.29, 0.717) is 29.3 Å². The van der Waals surface area contributed by atoms with Crippen LogP contribution in [0.4, 0.5) is 11.4 Å². The first-order valence-electron chi connectivity index (χ1n) is 8.12. The number of nitrogens with zero attached hydrogens (tertiary/aromatic N) is 1. The number of benzene rings is 1. The van der Waals surface area contributed by atoms with Crippen LogP contribution < -0.4 is 20.1 Å². The van der Waals surface area contributed by atoms with Gasteiger partial charge in [0.1, 0.15) is 5.69 Å². The maximum Gasteiger partial charge on any atom is 0.274 e. The lowest BCUT2D eigenvalue weighted by Crippen LogP contribution is -2.21. The summed E-state index contributed by atoms with van der Waals surface area (Å²) in [4.78, 5) is 16.5. The number of rotatable bonds is 4. The molecular weight excluding hydrogens is 358 g/mol. The van der Waals surface area contributed by atoms with Gasteiger partial charge in [0.25, 0.3) is 5.91 Å². The van der Waals surface area contributed by atoms with Crippen LogP contribution in [0.15, 0.2) is 36.5 Å². The van der Waals surface area contributed by atoms with Crippen LogP contribution in [0, 0.1) is 0 Å². The third-order valence-electron chi connectivity index (χ3n) is 4.23. The van der Waals surface area contributed by atoms with Crippen molar-refractivity contribution < 1.29 is 22.7 Å². The summed E-state index contributed by atoms with van der Waals surface area (Å²) in [5.74, 6) is 1.21. The predicted molar refractivity (Wildman–Crippen MR) is 95.4 cm³/mol. The zero-order valence-electron chi connectivity index (χ0n) is 13.8. The van der Waals surface area contributed by atoms with Gasteiger partial charge in [-0.1, -0.05) is 0 Å². The smallest absolute Gasteiger partial charge is 0.274 e. The molecule has 1 amide bonds. The molecule has 1 aromatic heterocycles. The highest BCUT2D eigenvalue weighted by atomic mass is 32.2. The maximum absolute atomic E-state index is 12.3. The number of fused-ring (bicyclic) bond motifs is 1. The fraction of sp³-hybridized carbons (Fsp3) is 0.294. The first-order chi connectivity index (χ1) is 12.5. The van der Waals surface area contributed by atoms with Gasteiger partial charge in [0, 0.05) is 17.8 Å². The summed E-state index contributed by atoms with van der Waals surface area (Å²) < 4.78 is 33.5. The summed E-state index contributed by atoms with van der Waals surface area (Å²) in [5, 5.41) is 5.89. The minimum absolute atomic E-state index is 0.116. The third-order valence-corrected chi connectivity index (χ3v) is 6.00. The summed E-state index contributed by atoms with van der Waals surface area (Å²) >= 11 is 0. The van der Waals surface area contributed by atoms with Crippen molar-refractivity contribution in [2.24, 2.45) is 0 Å². The molecule has 2 aliphatic rings. The zero-order valence-corrected chi connectivity index (χ0v) is 14.6. The van der Waals surface area contributed by atoms with Gasteiger partial charge < -0.3 is 20.1 Å². The Labute approximate surface area is 150 Å². The fourth-order valence-electron chi connectivity index (χ4n) is 2.93. The van der Waals surface area contributed by atoms with Gasteiger partial charge in [-0.15, -0.1) is 0 Å². The van der Waals surface area contributed by atoms with Gasteiger partial charge in [-0.2, -0.15) is 0 Å². The van der Waals surface area contributed by atoms with Crippen molar-refractivity contribution in [1.82, 2.24) is 4.98 Å². The van der Waals surface area contributed by atoms with Gasteiger partial charge >= 0.3 is 0 Å². The highest BCUT2D eigenvalue weighted by Gasteiger charge is 2.27. The number of hydrogen-bond acceptors (Lipinski definition) is 7. The van der Waals surface area contributed by atoms with Crippen LogP contribution in [0.25, 0.3) is 0 Å². The lowest BCUT2D eigenvalue weighted by atomic mass is 10.2. The molecule has 1 fully saturated rings. The summed E-state index contributed by atoms with van der Waals surface area (Å²) in [6.07, 6.45) is 2.11. The lowest BCUT2D eigenvalue weighted by molar-refractivity contribution is 0.102. The Morgan fingerprint density at radius 2 is 1.92 bits per heavy atom. The van der Waals surface area contributed by atoms with Crippen molar-refractivity contribution in [3.63, 3.8) is 0 Å². The Bertz CT molecular complexity index is 943. The Kier molecular flexibility index (Phi) is 4.15. The van der Waals surface area contributed by atoms with Crippen LogP contribution >= 0.6 is 0 Å². The number of hydrogen-bond donors (Lipinski definition) is 2. The topological polar surface area (TPSA) is 107 Å². The Morgan fingerprint density at radius 3 is 2.65 bits per heavy atom. The molecule has 0 radical (unpaired) electrons. The quantitative estimate of drug-likeness (QED) is 0.837. The van der Waals surface area contributed by atoms with Gasteiger partial charge in [0.05, 0.1) is 23.4 Å². The first kappa shape index (κ1) is 16.6. The molecule has 1 saturated heterocycles. The molecule has 8 nitrogen and oxygen atoms in total. The van der Waals surface area contributed by atoms with Gasteiger partial charge in [0.2, 0.25) is 6.79 Å². The summed E-state index contributed by atoms with van der Waals surface area (Å²) in [6, 6.07) is 8.34. The summed E-state index contributed by atoms with van der Waals surface area (Å²) in [5.41, 5.74) is 1.53. The minimum Gasteiger partial charge on any atom is -0.454 e. The molecule has 1 aromatic carbocycles. The number of pyridine rings is 1. The molecule has 1 atom stereocenters. The van der Waals surface area contributed by atoms with Crippen molar-refractivity contribution in [2.75, 3.05) is 28.9 Å². The molecule has 3 heterocycles. The van der Waals surface area contributed by atoms with E-state index in [-0.39, 0.29) is 35.9 Å². The van der Waals surface area contributed by atoms with Crippen LogP contribution in [-0.4, -0.2) is 43.6 Å². The largest absolute Gasteiger partial charge is 0.454 e. The summed E-state index contributed by atoms with van der Waals surface area (Å²) in [7, 11) is -2.94. The number of sulfone groups is 1. The van der Waals surface area contributed by atoms with E-state index in [4.69, 9.17) is 9.47 Å². The van der Waals surface area contributed by atoms with Crippen LogP contribution in [0.3, 0.4) is 0 Å². The maximum atomic E-state index is 12.3. The Balaban J connectivity index is 1.39. The standard InChI is InChI=1S/C17H17N3O5S/c21-17(20-11-2-4-15-16(7-11)25-10-24-15)14-3-1-12(8-18-14)19-13-5-6-26(22,23)9-13/h1-4,7-8,13,19H,5-6,9-10H2,(H,20,21). The van der Waals surface area contributed by atoms with Crippen molar-refractivity contribution in [3.8, 4) is 11.5 Å². The minimum atomic E-state index is -2.94. The van der Waals surface area contributed by atoms with E-state index >= 15 is 0 Å². The number of carbonyl (C=O) groups is 1. The average Bonchev–Trinajstić information content (AvgIpc) is 3.21. The van der Waals surface area contributed by atoms with Crippen LogP contribution in [0.1, 0.15) is 16.9 Å². The SMILES string of the molecule is O=C(Nc1ccc2c(c1)OCO2)c1ccc(NC2CCS(=O)(=O)C2)cn1. The van der Waals surface area contributed by atoms with Gasteiger partial charge in [0.15, 0.2) is 21.3 Å². The van der Waals surface area contributed by atoms with E-state index in [1.165, 1.54) is 6.20 Å². The normalized spacial score (nSPS) is 19.9. The Morgan fingerprint density at radius 1 is 1.12 bits per heavy atom. The van der Waals surface area contributed by atoms with E-state index in [1.54, 1.807) is 30.3 Å². The van der Waals surface area contributed by atoms with Gasteiger partial charge in [-0.05, 0) is 30.7 Å². The van der Waals surface area contributed by atoms with Crippen LogP contribution in [0.2, 0.25) is 0 Å². The number of amides is 1. The highest BCUT2D eigenvalue weighted by molar-refractivity contribution is 7.91. The predicted octanol–water partition coefficient (Wildman–Crippen LogP) is 1.66. The molecule has 0 spiro atoms. The second-order valence-electron chi connectivity index (χ2n) is 6.20. The van der Waals surface area contributed by atoms with Crippen molar-refractivity contribution in [1.29, 1.82) is 0 Å². The van der Waals surface area contributed by atoms with Crippen LogP contribution in [0.5, 0.6) is 11.5 Å². The van der Waals surface area contributed by atoms with E-state index < -0.39 is 9.84 Å². The monoisotopic (exact) mass is 375 g/mol. The average molecular weight is 375 g/mol. The molecule has 2 aromatic rings.